The van der Waals surface area contributed by atoms with Crippen LogP contribution in [0.3, 0.4) is 0 Å². The van der Waals surface area contributed by atoms with Crippen molar-refractivity contribution in [3.05, 3.63) is 17.5 Å². The van der Waals surface area contributed by atoms with E-state index in [2.05, 4.69) is 5.10 Å². The summed E-state index contributed by atoms with van der Waals surface area (Å²) >= 11 is 0. The highest BCUT2D eigenvalue weighted by Crippen LogP contribution is 2.57. The number of halogens is 3. The van der Waals surface area contributed by atoms with E-state index in [0.29, 0.717) is 11.1 Å². The van der Waals surface area contributed by atoms with Crippen LogP contribution in [0.5, 0.6) is 0 Å². The molecule has 0 saturated heterocycles. The minimum atomic E-state index is -4.33. The lowest BCUT2D eigenvalue weighted by Gasteiger charge is -2.50. The maximum absolute atomic E-state index is 13.3. The van der Waals surface area contributed by atoms with Crippen LogP contribution in [-0.4, -0.2) is 9.78 Å². The molecule has 0 bridgehead atoms. The first kappa shape index (κ1) is 15.9. The third kappa shape index (κ3) is 2.79. The normalized spacial score (nSPS) is 22.8. The van der Waals surface area contributed by atoms with Crippen molar-refractivity contribution in [2.45, 2.75) is 83.4 Å². The highest BCUT2D eigenvalue weighted by Gasteiger charge is 2.48. The second kappa shape index (κ2) is 5.00. The molecule has 0 aliphatic heterocycles. The maximum atomic E-state index is 13.3. The van der Waals surface area contributed by atoms with E-state index in [4.69, 9.17) is 0 Å². The van der Waals surface area contributed by atoms with Gasteiger partial charge in [0.1, 0.15) is 5.69 Å². The number of hydrogen-bond acceptors (Lipinski definition) is 1. The minimum Gasteiger partial charge on any atom is -0.257 e. The lowest BCUT2D eigenvalue weighted by molar-refractivity contribution is -0.147. The summed E-state index contributed by atoms with van der Waals surface area (Å²) in [4.78, 5) is 0. The van der Waals surface area contributed by atoms with Gasteiger partial charge in [0, 0.05) is 5.41 Å². The van der Waals surface area contributed by atoms with E-state index in [1.165, 1.54) is 42.9 Å². The molecule has 0 amide bonds. The summed E-state index contributed by atoms with van der Waals surface area (Å²) in [5.41, 5.74) is -0.102. The van der Waals surface area contributed by atoms with Gasteiger partial charge in [0.15, 0.2) is 0 Å². The third-order valence-electron chi connectivity index (χ3n) is 5.39. The molecule has 2 aliphatic rings. The Hall–Kier alpha value is -1.00. The van der Waals surface area contributed by atoms with E-state index in [0.717, 1.165) is 12.8 Å². The van der Waals surface area contributed by atoms with E-state index >= 15 is 0 Å². The molecule has 1 spiro atoms. The van der Waals surface area contributed by atoms with Crippen LogP contribution < -0.4 is 0 Å². The Morgan fingerprint density at radius 3 is 2.18 bits per heavy atom. The fourth-order valence-electron chi connectivity index (χ4n) is 4.07. The van der Waals surface area contributed by atoms with Gasteiger partial charge >= 0.3 is 6.18 Å². The summed E-state index contributed by atoms with van der Waals surface area (Å²) < 4.78 is 41.3. The summed E-state index contributed by atoms with van der Waals surface area (Å²) in [5.74, 6) is 0. The summed E-state index contributed by atoms with van der Waals surface area (Å²) in [7, 11) is 0. The minimum absolute atomic E-state index is 0.0779. The lowest BCUT2D eigenvalue weighted by Crippen LogP contribution is -2.41. The van der Waals surface area contributed by atoms with Gasteiger partial charge in [-0.3, -0.25) is 4.68 Å². The highest BCUT2D eigenvalue weighted by molar-refractivity contribution is 5.21. The van der Waals surface area contributed by atoms with Gasteiger partial charge in [-0.05, 0) is 37.2 Å². The fourth-order valence-corrected chi connectivity index (χ4v) is 4.07. The Morgan fingerprint density at radius 2 is 1.68 bits per heavy atom. The number of aromatic nitrogens is 2. The molecule has 1 aromatic heterocycles. The lowest BCUT2D eigenvalue weighted by atomic mass is 9.58. The molecule has 0 aromatic carbocycles. The summed E-state index contributed by atoms with van der Waals surface area (Å²) in [6.45, 7) is 5.72. The standard InChI is InChI=1S/C17H25F3N2/c1-15(2,3)13-9-14(17(18,19)20)22(21-13)12-10-16(11-12)7-5-4-6-8-16/h9,12H,4-8,10-11H2,1-3H3. The van der Waals surface area contributed by atoms with Crippen molar-refractivity contribution >= 4 is 0 Å². The van der Waals surface area contributed by atoms with Crippen molar-refractivity contribution in [1.82, 2.24) is 9.78 Å². The summed E-state index contributed by atoms with van der Waals surface area (Å²) in [6.07, 6.45) is 3.48. The zero-order valence-corrected chi connectivity index (χ0v) is 13.6. The number of rotatable bonds is 1. The molecule has 124 valence electrons. The predicted octanol–water partition coefficient (Wildman–Crippen LogP) is 5.48. The van der Waals surface area contributed by atoms with Gasteiger partial charge in [-0.1, -0.05) is 40.0 Å². The van der Waals surface area contributed by atoms with Gasteiger partial charge in [-0.25, -0.2) is 0 Å². The van der Waals surface area contributed by atoms with Gasteiger partial charge < -0.3 is 0 Å². The van der Waals surface area contributed by atoms with Crippen molar-refractivity contribution in [1.29, 1.82) is 0 Å². The van der Waals surface area contributed by atoms with Crippen LogP contribution in [0.25, 0.3) is 0 Å². The molecule has 1 heterocycles. The molecule has 0 unspecified atom stereocenters. The quantitative estimate of drug-likeness (QED) is 0.670. The van der Waals surface area contributed by atoms with Crippen LogP contribution in [0.4, 0.5) is 13.2 Å². The molecular formula is C17H25F3N2. The molecular weight excluding hydrogens is 289 g/mol. The van der Waals surface area contributed by atoms with Gasteiger partial charge in [-0.15, -0.1) is 0 Å². The number of hydrogen-bond donors (Lipinski definition) is 0. The molecule has 2 aliphatic carbocycles. The molecule has 0 N–H and O–H groups in total. The van der Waals surface area contributed by atoms with Crippen molar-refractivity contribution in [2.75, 3.05) is 0 Å². The second-order valence-electron chi connectivity index (χ2n) is 8.23. The van der Waals surface area contributed by atoms with E-state index < -0.39 is 11.9 Å². The van der Waals surface area contributed by atoms with Gasteiger partial charge in [0.2, 0.25) is 0 Å². The van der Waals surface area contributed by atoms with Crippen LogP contribution in [0.15, 0.2) is 6.07 Å². The summed E-state index contributed by atoms with van der Waals surface area (Å²) in [6, 6.07) is 1.16. The molecule has 2 nitrogen and oxygen atoms in total. The first-order valence-corrected chi connectivity index (χ1v) is 8.28. The zero-order chi connectivity index (χ0) is 16.2. The summed E-state index contributed by atoms with van der Waals surface area (Å²) in [5, 5.41) is 4.34. The van der Waals surface area contributed by atoms with Crippen LogP contribution >= 0.6 is 0 Å². The van der Waals surface area contributed by atoms with Gasteiger partial charge in [0.05, 0.1) is 11.7 Å². The first-order chi connectivity index (χ1) is 10.1. The first-order valence-electron chi connectivity index (χ1n) is 8.28. The Labute approximate surface area is 130 Å². The molecule has 22 heavy (non-hydrogen) atoms. The van der Waals surface area contributed by atoms with Crippen molar-refractivity contribution in [3.63, 3.8) is 0 Å². The topological polar surface area (TPSA) is 17.8 Å². The van der Waals surface area contributed by atoms with Crippen molar-refractivity contribution < 1.29 is 13.2 Å². The average Bonchev–Trinajstić information content (AvgIpc) is 2.81. The van der Waals surface area contributed by atoms with Crippen molar-refractivity contribution in [3.8, 4) is 0 Å². The zero-order valence-electron chi connectivity index (χ0n) is 13.6. The molecule has 0 radical (unpaired) electrons. The Balaban J connectivity index is 1.86. The molecule has 1 aromatic rings. The van der Waals surface area contributed by atoms with E-state index in [-0.39, 0.29) is 11.5 Å². The molecule has 5 heteroatoms. The van der Waals surface area contributed by atoms with E-state index in [9.17, 15) is 13.2 Å². The molecule has 0 atom stereocenters. The van der Waals surface area contributed by atoms with Gasteiger partial charge in [-0.2, -0.15) is 18.3 Å². The Kier molecular flexibility index (Phi) is 3.61. The van der Waals surface area contributed by atoms with Crippen molar-refractivity contribution in [2.24, 2.45) is 5.41 Å². The van der Waals surface area contributed by atoms with E-state index in [1.54, 1.807) is 0 Å². The third-order valence-corrected chi connectivity index (χ3v) is 5.39. The largest absolute Gasteiger partial charge is 0.433 e. The fraction of sp³-hybridized carbons (Fsp3) is 0.824. The predicted molar refractivity (Wildman–Crippen MR) is 79.7 cm³/mol. The number of alkyl halides is 3. The average molecular weight is 314 g/mol. The van der Waals surface area contributed by atoms with E-state index in [1.807, 2.05) is 20.8 Å². The smallest absolute Gasteiger partial charge is 0.257 e. The second-order valence-corrected chi connectivity index (χ2v) is 8.23. The van der Waals surface area contributed by atoms with Gasteiger partial charge in [0.25, 0.3) is 0 Å². The Bertz CT molecular complexity index is 537. The molecule has 2 saturated carbocycles. The van der Waals surface area contributed by atoms with Crippen LogP contribution in [0, 0.1) is 5.41 Å². The monoisotopic (exact) mass is 314 g/mol. The SMILES string of the molecule is CC(C)(C)c1cc(C(F)(F)F)n(C2CC3(CCCCC3)C2)n1. The molecule has 3 rings (SSSR count). The Morgan fingerprint density at radius 1 is 1.09 bits per heavy atom. The molecule has 2 fully saturated rings. The number of nitrogens with zero attached hydrogens (tertiary/aromatic N) is 2. The van der Waals surface area contributed by atoms with Crippen LogP contribution in [0.2, 0.25) is 0 Å². The maximum Gasteiger partial charge on any atom is 0.433 e. The van der Waals surface area contributed by atoms with Crippen LogP contribution in [0.1, 0.15) is 83.1 Å². The van der Waals surface area contributed by atoms with Crippen LogP contribution in [-0.2, 0) is 11.6 Å². The highest BCUT2D eigenvalue weighted by atomic mass is 19.4.